The van der Waals surface area contributed by atoms with E-state index in [1.165, 1.54) is 24.3 Å². The average molecular weight is 357 g/mol. The number of methoxy groups -OCH3 is 1. The Balaban J connectivity index is 1.92. The van der Waals surface area contributed by atoms with Crippen molar-refractivity contribution in [3.8, 4) is 5.75 Å². The maximum atomic E-state index is 12.6. The van der Waals surface area contributed by atoms with Gasteiger partial charge in [0.25, 0.3) is 5.91 Å². The number of hydrogen-bond donors (Lipinski definition) is 2. The zero-order chi connectivity index (χ0) is 18.0. The lowest BCUT2D eigenvalue weighted by atomic mass is 10.1. The van der Waals surface area contributed by atoms with Gasteiger partial charge in [-0.25, -0.2) is 13.6 Å². The van der Waals surface area contributed by atoms with Crippen LogP contribution in [0, 0.1) is 0 Å². The van der Waals surface area contributed by atoms with Gasteiger partial charge in [-0.3, -0.25) is 9.78 Å². The highest BCUT2D eigenvalue weighted by Crippen LogP contribution is 2.23. The summed E-state index contributed by atoms with van der Waals surface area (Å²) in [5, 5.41) is 8.43. The van der Waals surface area contributed by atoms with E-state index in [4.69, 9.17) is 9.88 Å². The number of pyridine rings is 1. The number of nitrogens with zero attached hydrogens (tertiary/aromatic N) is 1. The third kappa shape index (κ3) is 3.59. The van der Waals surface area contributed by atoms with Crippen molar-refractivity contribution in [1.29, 1.82) is 0 Å². The average Bonchev–Trinajstić information content (AvgIpc) is 2.60. The largest absolute Gasteiger partial charge is 0.497 e. The number of benzene rings is 2. The zero-order valence-corrected chi connectivity index (χ0v) is 14.1. The van der Waals surface area contributed by atoms with Gasteiger partial charge in [0.2, 0.25) is 10.0 Å². The molecular weight excluding hydrogens is 342 g/mol. The molecule has 3 aromatic rings. The number of hydrogen-bond acceptors (Lipinski definition) is 5. The Labute approximate surface area is 144 Å². The summed E-state index contributed by atoms with van der Waals surface area (Å²) in [5.41, 5.74) is 1.54. The van der Waals surface area contributed by atoms with Crippen LogP contribution in [0.1, 0.15) is 10.4 Å². The van der Waals surface area contributed by atoms with Crippen LogP contribution in [0.4, 0.5) is 5.69 Å². The number of sulfonamides is 1. The molecule has 3 rings (SSSR count). The van der Waals surface area contributed by atoms with Crippen molar-refractivity contribution < 1.29 is 17.9 Å². The molecule has 0 saturated carbocycles. The summed E-state index contributed by atoms with van der Waals surface area (Å²) in [6.07, 6.45) is 1.55. The van der Waals surface area contributed by atoms with Crippen LogP contribution in [0.15, 0.2) is 59.6 Å². The first-order valence-electron chi connectivity index (χ1n) is 7.25. The Kier molecular flexibility index (Phi) is 4.39. The lowest BCUT2D eigenvalue weighted by Crippen LogP contribution is -2.14. The van der Waals surface area contributed by atoms with Crippen molar-refractivity contribution in [2.24, 2.45) is 5.14 Å². The minimum Gasteiger partial charge on any atom is -0.497 e. The number of primary sulfonamides is 1. The van der Waals surface area contributed by atoms with Gasteiger partial charge in [0.1, 0.15) is 5.75 Å². The Morgan fingerprint density at radius 2 is 1.84 bits per heavy atom. The Bertz CT molecular complexity index is 1050. The van der Waals surface area contributed by atoms with Crippen LogP contribution in [0.2, 0.25) is 0 Å². The SMILES string of the molecule is COc1ccc2nccc(C(=O)Nc3ccc(S(N)(=O)=O)cc3)c2c1. The van der Waals surface area contributed by atoms with Gasteiger partial charge >= 0.3 is 0 Å². The molecule has 0 saturated heterocycles. The number of ether oxygens (including phenoxy) is 1. The van der Waals surface area contributed by atoms with Gasteiger partial charge in [-0.2, -0.15) is 0 Å². The Hall–Kier alpha value is -2.97. The molecule has 7 nitrogen and oxygen atoms in total. The summed E-state index contributed by atoms with van der Waals surface area (Å²) in [5.74, 6) is 0.274. The fourth-order valence-electron chi connectivity index (χ4n) is 2.38. The summed E-state index contributed by atoms with van der Waals surface area (Å²) >= 11 is 0. The Morgan fingerprint density at radius 1 is 1.12 bits per heavy atom. The van der Waals surface area contributed by atoms with Crippen molar-refractivity contribution in [1.82, 2.24) is 4.98 Å². The lowest BCUT2D eigenvalue weighted by Gasteiger charge is -2.09. The van der Waals surface area contributed by atoms with Gasteiger partial charge in [0.05, 0.1) is 23.1 Å². The maximum absolute atomic E-state index is 12.6. The van der Waals surface area contributed by atoms with Crippen LogP contribution >= 0.6 is 0 Å². The summed E-state index contributed by atoms with van der Waals surface area (Å²) in [4.78, 5) is 16.8. The van der Waals surface area contributed by atoms with Gasteiger partial charge in [-0.1, -0.05) is 0 Å². The topological polar surface area (TPSA) is 111 Å². The predicted molar refractivity (Wildman–Crippen MR) is 94.1 cm³/mol. The molecule has 128 valence electrons. The van der Waals surface area contributed by atoms with Crippen LogP contribution in [0.25, 0.3) is 10.9 Å². The monoisotopic (exact) mass is 357 g/mol. The van der Waals surface area contributed by atoms with E-state index < -0.39 is 10.0 Å². The maximum Gasteiger partial charge on any atom is 0.256 e. The third-order valence-corrected chi connectivity index (χ3v) is 4.56. The van der Waals surface area contributed by atoms with E-state index in [0.717, 1.165) is 0 Å². The van der Waals surface area contributed by atoms with E-state index in [-0.39, 0.29) is 10.8 Å². The standard InChI is InChI=1S/C17H15N3O4S/c1-24-12-4-7-16-15(10-12)14(8-9-19-16)17(21)20-11-2-5-13(6-3-11)25(18,22)23/h2-10H,1H3,(H,20,21)(H2,18,22,23). The normalized spacial score (nSPS) is 11.3. The number of aromatic nitrogens is 1. The Morgan fingerprint density at radius 3 is 2.48 bits per heavy atom. The summed E-state index contributed by atoms with van der Waals surface area (Å²) in [6.45, 7) is 0. The first kappa shape index (κ1) is 16.9. The second kappa shape index (κ2) is 6.50. The summed E-state index contributed by atoms with van der Waals surface area (Å²) < 4.78 is 27.7. The van der Waals surface area contributed by atoms with Crippen LogP contribution in [-0.2, 0) is 10.0 Å². The van der Waals surface area contributed by atoms with E-state index in [0.29, 0.717) is 27.9 Å². The molecular formula is C17H15N3O4S. The second-order valence-corrected chi connectivity index (χ2v) is 6.83. The minimum atomic E-state index is -3.77. The molecule has 3 N–H and O–H groups in total. The molecule has 0 radical (unpaired) electrons. The molecule has 2 aromatic carbocycles. The number of carbonyl (C=O) groups excluding carboxylic acids is 1. The number of amides is 1. The van der Waals surface area contributed by atoms with E-state index in [9.17, 15) is 13.2 Å². The summed E-state index contributed by atoms with van der Waals surface area (Å²) in [6, 6.07) is 12.5. The van der Waals surface area contributed by atoms with Crippen molar-refractivity contribution >= 4 is 32.5 Å². The van der Waals surface area contributed by atoms with Crippen LogP contribution < -0.4 is 15.2 Å². The fourth-order valence-corrected chi connectivity index (χ4v) is 2.89. The van der Waals surface area contributed by atoms with Gasteiger partial charge < -0.3 is 10.1 Å². The van der Waals surface area contributed by atoms with Crippen LogP contribution in [-0.4, -0.2) is 26.4 Å². The van der Waals surface area contributed by atoms with E-state index in [1.807, 2.05) is 0 Å². The number of nitrogens with one attached hydrogen (secondary N) is 1. The highest BCUT2D eigenvalue weighted by atomic mass is 32.2. The molecule has 1 aromatic heterocycles. The molecule has 1 amide bonds. The minimum absolute atomic E-state index is 0.0235. The molecule has 0 unspecified atom stereocenters. The van der Waals surface area contributed by atoms with Gasteiger partial charge in [-0.05, 0) is 48.5 Å². The quantitative estimate of drug-likeness (QED) is 0.743. The molecule has 0 fully saturated rings. The molecule has 1 heterocycles. The first-order chi connectivity index (χ1) is 11.9. The number of rotatable bonds is 4. The van der Waals surface area contributed by atoms with E-state index >= 15 is 0 Å². The molecule has 0 aliphatic carbocycles. The van der Waals surface area contributed by atoms with Crippen molar-refractivity contribution in [3.05, 3.63) is 60.3 Å². The van der Waals surface area contributed by atoms with Crippen molar-refractivity contribution in [2.45, 2.75) is 4.90 Å². The predicted octanol–water partition coefficient (Wildman–Crippen LogP) is 2.14. The van der Waals surface area contributed by atoms with Crippen molar-refractivity contribution in [3.63, 3.8) is 0 Å². The number of fused-ring (bicyclic) bond motifs is 1. The first-order valence-corrected chi connectivity index (χ1v) is 8.80. The molecule has 0 aliphatic heterocycles. The highest BCUT2D eigenvalue weighted by Gasteiger charge is 2.13. The van der Waals surface area contributed by atoms with E-state index in [1.54, 1.807) is 37.6 Å². The zero-order valence-electron chi connectivity index (χ0n) is 13.3. The smallest absolute Gasteiger partial charge is 0.256 e. The number of anilines is 1. The molecule has 0 aliphatic rings. The van der Waals surface area contributed by atoms with Gasteiger partial charge in [0.15, 0.2) is 0 Å². The van der Waals surface area contributed by atoms with Gasteiger partial charge in [0, 0.05) is 17.3 Å². The number of carbonyl (C=O) groups is 1. The third-order valence-electron chi connectivity index (χ3n) is 3.63. The molecule has 8 heteroatoms. The molecule has 0 spiro atoms. The number of nitrogens with two attached hydrogens (primary N) is 1. The van der Waals surface area contributed by atoms with Crippen molar-refractivity contribution in [2.75, 3.05) is 12.4 Å². The van der Waals surface area contributed by atoms with E-state index in [2.05, 4.69) is 10.3 Å². The highest BCUT2D eigenvalue weighted by molar-refractivity contribution is 7.89. The molecule has 0 bridgehead atoms. The lowest BCUT2D eigenvalue weighted by molar-refractivity contribution is 0.102. The van der Waals surface area contributed by atoms with Gasteiger partial charge in [-0.15, -0.1) is 0 Å². The van der Waals surface area contributed by atoms with Crippen LogP contribution in [0.5, 0.6) is 5.75 Å². The summed E-state index contributed by atoms with van der Waals surface area (Å²) in [7, 11) is -2.23. The fraction of sp³-hybridized carbons (Fsp3) is 0.0588. The molecule has 25 heavy (non-hydrogen) atoms. The van der Waals surface area contributed by atoms with Crippen LogP contribution in [0.3, 0.4) is 0 Å². The second-order valence-electron chi connectivity index (χ2n) is 5.27. The molecule has 0 atom stereocenters.